The third kappa shape index (κ3) is 2.50. The Balaban J connectivity index is 2.20. The van der Waals surface area contributed by atoms with Crippen molar-refractivity contribution >= 4 is 11.9 Å². The Labute approximate surface area is 104 Å². The van der Waals surface area contributed by atoms with Gasteiger partial charge >= 0.3 is 5.97 Å². The van der Waals surface area contributed by atoms with Crippen LogP contribution in [0.4, 0.5) is 4.39 Å². The molecule has 0 radical (unpaired) electrons. The van der Waals surface area contributed by atoms with Crippen molar-refractivity contribution in [3.05, 3.63) is 35.6 Å². The van der Waals surface area contributed by atoms with Gasteiger partial charge in [-0.15, -0.1) is 0 Å². The van der Waals surface area contributed by atoms with E-state index in [0.29, 0.717) is 18.5 Å². The minimum Gasteiger partial charge on any atom is -0.480 e. The van der Waals surface area contributed by atoms with E-state index in [1.807, 2.05) is 0 Å². The third-order valence-electron chi connectivity index (χ3n) is 3.14. The van der Waals surface area contributed by atoms with E-state index < -0.39 is 17.8 Å². The lowest BCUT2D eigenvalue weighted by atomic mass is 10.0. The van der Waals surface area contributed by atoms with Crippen LogP contribution in [0.5, 0.6) is 0 Å². The van der Waals surface area contributed by atoms with Crippen LogP contribution in [-0.2, 0) is 4.79 Å². The second-order valence-corrected chi connectivity index (χ2v) is 4.36. The predicted molar refractivity (Wildman–Crippen MR) is 62.7 cm³/mol. The van der Waals surface area contributed by atoms with Gasteiger partial charge in [-0.1, -0.05) is 0 Å². The molecule has 1 aromatic carbocycles. The smallest absolute Gasteiger partial charge is 0.326 e. The number of nitrogens with zero attached hydrogens (tertiary/aromatic N) is 1. The number of halogens is 1. The van der Waals surface area contributed by atoms with Gasteiger partial charge in [0.15, 0.2) is 0 Å². The molecule has 1 aliphatic heterocycles. The van der Waals surface area contributed by atoms with Gasteiger partial charge in [0.25, 0.3) is 5.91 Å². The van der Waals surface area contributed by atoms with Crippen molar-refractivity contribution in [2.45, 2.75) is 25.3 Å². The van der Waals surface area contributed by atoms with Crippen LogP contribution in [-0.4, -0.2) is 34.5 Å². The summed E-state index contributed by atoms with van der Waals surface area (Å²) in [5.41, 5.74) is 0.324. The summed E-state index contributed by atoms with van der Waals surface area (Å²) in [6, 6.07) is 4.40. The largest absolute Gasteiger partial charge is 0.480 e. The highest BCUT2D eigenvalue weighted by Crippen LogP contribution is 2.20. The first kappa shape index (κ1) is 12.5. The quantitative estimate of drug-likeness (QED) is 0.873. The minimum absolute atomic E-state index is 0.324. The molecular weight excluding hydrogens is 237 g/mol. The molecule has 0 aromatic heterocycles. The molecular formula is C13H14FNO3. The second kappa shape index (κ2) is 5.16. The zero-order valence-corrected chi connectivity index (χ0v) is 9.80. The van der Waals surface area contributed by atoms with Gasteiger partial charge in [0, 0.05) is 12.1 Å². The van der Waals surface area contributed by atoms with Crippen LogP contribution < -0.4 is 0 Å². The monoisotopic (exact) mass is 251 g/mol. The fourth-order valence-corrected chi connectivity index (χ4v) is 2.19. The van der Waals surface area contributed by atoms with Gasteiger partial charge < -0.3 is 10.0 Å². The molecule has 1 saturated heterocycles. The fraction of sp³-hybridized carbons (Fsp3) is 0.385. The zero-order valence-electron chi connectivity index (χ0n) is 9.80. The van der Waals surface area contributed by atoms with Crippen molar-refractivity contribution < 1.29 is 19.1 Å². The Morgan fingerprint density at radius 3 is 2.50 bits per heavy atom. The van der Waals surface area contributed by atoms with E-state index in [4.69, 9.17) is 5.11 Å². The normalized spacial score (nSPS) is 19.6. The van der Waals surface area contributed by atoms with Gasteiger partial charge in [-0.05, 0) is 43.5 Å². The van der Waals surface area contributed by atoms with Crippen LogP contribution >= 0.6 is 0 Å². The summed E-state index contributed by atoms with van der Waals surface area (Å²) in [6.07, 6.45) is 2.09. The number of hydrogen-bond donors (Lipinski definition) is 1. The van der Waals surface area contributed by atoms with Gasteiger partial charge in [-0.25, -0.2) is 9.18 Å². The lowest BCUT2D eigenvalue weighted by Gasteiger charge is -2.33. The van der Waals surface area contributed by atoms with Crippen LogP contribution in [0.2, 0.25) is 0 Å². The molecule has 2 rings (SSSR count). The molecule has 1 atom stereocenters. The molecule has 1 N–H and O–H groups in total. The Hall–Kier alpha value is -1.91. The van der Waals surface area contributed by atoms with Crippen LogP contribution in [0.25, 0.3) is 0 Å². The number of carboxylic acids is 1. The molecule has 1 heterocycles. The lowest BCUT2D eigenvalue weighted by molar-refractivity contribution is -0.143. The average Bonchev–Trinajstić information content (AvgIpc) is 2.39. The first-order valence-electron chi connectivity index (χ1n) is 5.89. The maximum Gasteiger partial charge on any atom is 0.326 e. The Kier molecular flexibility index (Phi) is 3.60. The molecule has 1 fully saturated rings. The molecule has 1 aromatic rings. The highest BCUT2D eigenvalue weighted by atomic mass is 19.1. The highest BCUT2D eigenvalue weighted by Gasteiger charge is 2.32. The topological polar surface area (TPSA) is 57.6 Å². The van der Waals surface area contributed by atoms with E-state index in [1.54, 1.807) is 0 Å². The van der Waals surface area contributed by atoms with E-state index in [9.17, 15) is 14.0 Å². The first-order valence-corrected chi connectivity index (χ1v) is 5.89. The van der Waals surface area contributed by atoms with Crippen LogP contribution in [0.3, 0.4) is 0 Å². The molecule has 4 nitrogen and oxygen atoms in total. The number of likely N-dealkylation sites (tertiary alicyclic amines) is 1. The van der Waals surface area contributed by atoms with E-state index in [1.165, 1.54) is 29.2 Å². The number of amides is 1. The molecule has 0 spiro atoms. The van der Waals surface area contributed by atoms with Crippen LogP contribution in [0.1, 0.15) is 29.6 Å². The highest BCUT2D eigenvalue weighted by molar-refractivity contribution is 5.96. The zero-order chi connectivity index (χ0) is 13.1. The van der Waals surface area contributed by atoms with Crippen molar-refractivity contribution in [3.8, 4) is 0 Å². The number of carbonyl (C=O) groups is 2. The van der Waals surface area contributed by atoms with Crippen LogP contribution in [0, 0.1) is 5.82 Å². The molecule has 96 valence electrons. The summed E-state index contributed by atoms with van der Waals surface area (Å²) < 4.78 is 12.8. The summed E-state index contributed by atoms with van der Waals surface area (Å²) in [6.45, 7) is 0.438. The van der Waals surface area contributed by atoms with E-state index in [-0.39, 0.29) is 5.91 Å². The summed E-state index contributed by atoms with van der Waals surface area (Å²) in [5, 5.41) is 9.09. The van der Waals surface area contributed by atoms with Crippen molar-refractivity contribution in [2.24, 2.45) is 0 Å². The molecule has 0 aliphatic carbocycles. The second-order valence-electron chi connectivity index (χ2n) is 4.36. The Morgan fingerprint density at radius 1 is 1.22 bits per heavy atom. The average molecular weight is 251 g/mol. The number of aliphatic carboxylic acids is 1. The lowest BCUT2D eigenvalue weighted by Crippen LogP contribution is -2.47. The van der Waals surface area contributed by atoms with Gasteiger partial charge in [0.2, 0.25) is 0 Å². The fourth-order valence-electron chi connectivity index (χ4n) is 2.19. The van der Waals surface area contributed by atoms with Crippen molar-refractivity contribution in [1.29, 1.82) is 0 Å². The maximum absolute atomic E-state index is 12.8. The molecule has 0 saturated carbocycles. The number of benzene rings is 1. The number of hydrogen-bond acceptors (Lipinski definition) is 2. The van der Waals surface area contributed by atoms with Crippen molar-refractivity contribution in [2.75, 3.05) is 6.54 Å². The standard InChI is InChI=1S/C13H14FNO3/c14-10-6-4-9(5-7-10)12(16)15-8-2-1-3-11(15)13(17)18/h4-7,11H,1-3,8H2,(H,17,18)/t11-/m0/s1. The molecule has 0 unspecified atom stereocenters. The van der Waals surface area contributed by atoms with Gasteiger partial charge in [-0.2, -0.15) is 0 Å². The molecule has 0 bridgehead atoms. The van der Waals surface area contributed by atoms with Crippen LogP contribution in [0.15, 0.2) is 24.3 Å². The number of rotatable bonds is 2. The SMILES string of the molecule is O=C(O)[C@@H]1CCCCN1C(=O)c1ccc(F)cc1. The summed E-state index contributed by atoms with van der Waals surface area (Å²) in [4.78, 5) is 24.6. The number of piperidine rings is 1. The van der Waals surface area contributed by atoms with E-state index >= 15 is 0 Å². The molecule has 5 heteroatoms. The maximum atomic E-state index is 12.8. The molecule has 1 amide bonds. The Bertz CT molecular complexity index is 458. The molecule has 1 aliphatic rings. The Morgan fingerprint density at radius 2 is 1.89 bits per heavy atom. The first-order chi connectivity index (χ1) is 8.59. The van der Waals surface area contributed by atoms with Gasteiger partial charge in [0.1, 0.15) is 11.9 Å². The van der Waals surface area contributed by atoms with E-state index in [2.05, 4.69) is 0 Å². The van der Waals surface area contributed by atoms with Crippen molar-refractivity contribution in [3.63, 3.8) is 0 Å². The van der Waals surface area contributed by atoms with Crippen molar-refractivity contribution in [1.82, 2.24) is 4.90 Å². The van der Waals surface area contributed by atoms with Gasteiger partial charge in [-0.3, -0.25) is 4.79 Å². The number of carboxylic acid groups (broad SMARTS) is 1. The summed E-state index contributed by atoms with van der Waals surface area (Å²) >= 11 is 0. The van der Waals surface area contributed by atoms with Gasteiger partial charge in [0.05, 0.1) is 0 Å². The summed E-state index contributed by atoms with van der Waals surface area (Å²) in [5.74, 6) is -1.74. The minimum atomic E-state index is -0.981. The predicted octanol–water partition coefficient (Wildman–Crippen LogP) is 1.91. The molecule has 18 heavy (non-hydrogen) atoms. The summed E-state index contributed by atoms with van der Waals surface area (Å²) in [7, 11) is 0. The third-order valence-corrected chi connectivity index (χ3v) is 3.14. The van der Waals surface area contributed by atoms with E-state index in [0.717, 1.165) is 12.8 Å². The number of carbonyl (C=O) groups excluding carboxylic acids is 1.